The number of nitrogens with zero attached hydrogens (tertiary/aromatic N) is 2. The van der Waals surface area contributed by atoms with Crippen LogP contribution in [0.5, 0.6) is 0 Å². The van der Waals surface area contributed by atoms with E-state index >= 15 is 0 Å². The van der Waals surface area contributed by atoms with Gasteiger partial charge in [0, 0.05) is 13.7 Å². The second kappa shape index (κ2) is 8.14. The third-order valence-electron chi connectivity index (χ3n) is 2.76. The monoisotopic (exact) mass is 289 g/mol. The highest BCUT2D eigenvalue weighted by Gasteiger charge is 2.09. The molecule has 0 saturated carbocycles. The number of hydrogen-bond donors (Lipinski definition) is 2. The number of aliphatic hydroxyl groups is 1. The van der Waals surface area contributed by atoms with Crippen molar-refractivity contribution in [3.63, 3.8) is 0 Å². The van der Waals surface area contributed by atoms with E-state index < -0.39 is 0 Å². The maximum Gasteiger partial charge on any atom is 0.287 e. The predicted molar refractivity (Wildman–Crippen MR) is 74.8 cm³/mol. The Hall–Kier alpha value is -1.11. The van der Waals surface area contributed by atoms with E-state index in [4.69, 9.17) is 16.3 Å². The topological polar surface area (TPSA) is 76.4 Å². The van der Waals surface area contributed by atoms with Crippen molar-refractivity contribution < 1.29 is 9.84 Å². The van der Waals surface area contributed by atoms with Crippen molar-refractivity contribution in [3.05, 3.63) is 21.6 Å². The van der Waals surface area contributed by atoms with Crippen molar-refractivity contribution >= 4 is 17.3 Å². The van der Waals surface area contributed by atoms with Gasteiger partial charge in [0.2, 0.25) is 0 Å². The standard InChI is InChI=1S/C12H20ClN3O3/c1-3-9(17)4-5-14-10-8-15-16(6-7-19-2)12(18)11(10)13/h8-9,14,17H,3-7H2,1-2H3. The van der Waals surface area contributed by atoms with Gasteiger partial charge in [0.05, 0.1) is 31.1 Å². The molecule has 0 saturated heterocycles. The smallest absolute Gasteiger partial charge is 0.287 e. The molecule has 108 valence electrons. The van der Waals surface area contributed by atoms with Crippen molar-refractivity contribution in [2.45, 2.75) is 32.4 Å². The molecule has 0 fully saturated rings. The number of nitrogens with one attached hydrogen (secondary N) is 1. The summed E-state index contributed by atoms with van der Waals surface area (Å²) in [5.41, 5.74) is 0.142. The van der Waals surface area contributed by atoms with E-state index in [1.54, 1.807) is 7.11 Å². The molecule has 19 heavy (non-hydrogen) atoms. The van der Waals surface area contributed by atoms with Crippen molar-refractivity contribution in [2.24, 2.45) is 0 Å². The van der Waals surface area contributed by atoms with Crippen molar-refractivity contribution in [2.75, 3.05) is 25.6 Å². The van der Waals surface area contributed by atoms with Crippen LogP contribution in [0.15, 0.2) is 11.0 Å². The lowest BCUT2D eigenvalue weighted by molar-refractivity contribution is 0.164. The minimum atomic E-state index is -0.347. The Morgan fingerprint density at radius 2 is 2.37 bits per heavy atom. The van der Waals surface area contributed by atoms with E-state index in [-0.39, 0.29) is 16.7 Å². The van der Waals surface area contributed by atoms with Gasteiger partial charge in [-0.15, -0.1) is 0 Å². The Morgan fingerprint density at radius 1 is 1.63 bits per heavy atom. The van der Waals surface area contributed by atoms with Gasteiger partial charge < -0.3 is 15.2 Å². The Labute approximate surface area is 117 Å². The quantitative estimate of drug-likeness (QED) is 0.750. The molecule has 0 aliphatic rings. The first-order chi connectivity index (χ1) is 9.10. The number of ether oxygens (including phenoxy) is 1. The van der Waals surface area contributed by atoms with Gasteiger partial charge in [0.1, 0.15) is 5.02 Å². The molecule has 0 bridgehead atoms. The largest absolute Gasteiger partial charge is 0.393 e. The lowest BCUT2D eigenvalue weighted by Crippen LogP contribution is -2.26. The first-order valence-electron chi connectivity index (χ1n) is 6.26. The van der Waals surface area contributed by atoms with Gasteiger partial charge in [-0.3, -0.25) is 4.79 Å². The number of hydrogen-bond acceptors (Lipinski definition) is 5. The molecule has 1 aromatic heterocycles. The van der Waals surface area contributed by atoms with Crippen LogP contribution in [-0.4, -0.2) is 41.3 Å². The summed E-state index contributed by atoms with van der Waals surface area (Å²) >= 11 is 5.99. The summed E-state index contributed by atoms with van der Waals surface area (Å²) in [7, 11) is 1.56. The Morgan fingerprint density at radius 3 is 3.00 bits per heavy atom. The molecular formula is C12H20ClN3O3. The maximum atomic E-state index is 11.9. The first-order valence-corrected chi connectivity index (χ1v) is 6.64. The minimum Gasteiger partial charge on any atom is -0.393 e. The lowest BCUT2D eigenvalue weighted by atomic mass is 10.2. The fourth-order valence-electron chi connectivity index (χ4n) is 1.50. The second-order valence-corrected chi connectivity index (χ2v) is 4.55. The molecule has 0 amide bonds. The highest BCUT2D eigenvalue weighted by Crippen LogP contribution is 2.15. The van der Waals surface area contributed by atoms with E-state index in [0.29, 0.717) is 38.2 Å². The molecule has 7 heteroatoms. The molecule has 1 atom stereocenters. The number of methoxy groups -OCH3 is 1. The van der Waals surface area contributed by atoms with Crippen LogP contribution < -0.4 is 10.9 Å². The van der Waals surface area contributed by atoms with E-state index in [0.717, 1.165) is 0 Å². The van der Waals surface area contributed by atoms with Crippen LogP contribution in [0, 0.1) is 0 Å². The van der Waals surface area contributed by atoms with Crippen LogP contribution in [0.25, 0.3) is 0 Å². The summed E-state index contributed by atoms with van der Waals surface area (Å²) in [6.45, 7) is 3.22. The summed E-state index contributed by atoms with van der Waals surface area (Å²) in [5, 5.41) is 16.6. The summed E-state index contributed by atoms with van der Waals surface area (Å²) in [6.07, 6.45) is 2.46. The zero-order valence-corrected chi connectivity index (χ0v) is 12.0. The molecule has 2 N–H and O–H groups in total. The fraction of sp³-hybridized carbons (Fsp3) is 0.667. The summed E-state index contributed by atoms with van der Waals surface area (Å²) < 4.78 is 6.15. The van der Waals surface area contributed by atoms with Gasteiger partial charge >= 0.3 is 0 Å². The van der Waals surface area contributed by atoms with E-state index in [1.165, 1.54) is 10.9 Å². The fourth-order valence-corrected chi connectivity index (χ4v) is 1.72. The highest BCUT2D eigenvalue weighted by molar-refractivity contribution is 6.32. The Balaban J connectivity index is 2.65. The van der Waals surface area contributed by atoms with E-state index in [2.05, 4.69) is 10.4 Å². The predicted octanol–water partition coefficient (Wildman–Crippen LogP) is 1.12. The average molecular weight is 290 g/mol. The zero-order valence-electron chi connectivity index (χ0n) is 11.2. The molecule has 0 aromatic carbocycles. The zero-order chi connectivity index (χ0) is 14.3. The molecule has 0 spiro atoms. The molecule has 0 radical (unpaired) electrons. The molecule has 6 nitrogen and oxygen atoms in total. The van der Waals surface area contributed by atoms with Crippen LogP contribution in [0.2, 0.25) is 5.02 Å². The van der Waals surface area contributed by atoms with Crippen molar-refractivity contribution in [1.82, 2.24) is 9.78 Å². The molecule has 1 aromatic rings. The summed E-state index contributed by atoms with van der Waals surface area (Å²) in [4.78, 5) is 11.9. The van der Waals surface area contributed by atoms with Crippen LogP contribution in [0.3, 0.4) is 0 Å². The molecule has 0 aliphatic carbocycles. The third kappa shape index (κ3) is 4.81. The molecule has 1 unspecified atom stereocenters. The summed E-state index contributed by atoms with van der Waals surface area (Å²) in [5.74, 6) is 0. The Kier molecular flexibility index (Phi) is 6.83. The lowest BCUT2D eigenvalue weighted by Gasteiger charge is -2.11. The van der Waals surface area contributed by atoms with Crippen molar-refractivity contribution in [3.8, 4) is 0 Å². The SMILES string of the molecule is CCC(O)CCNc1cnn(CCOC)c(=O)c1Cl. The van der Waals surface area contributed by atoms with Gasteiger partial charge in [-0.2, -0.15) is 5.10 Å². The molecular weight excluding hydrogens is 270 g/mol. The van der Waals surface area contributed by atoms with Gasteiger partial charge in [-0.05, 0) is 12.8 Å². The van der Waals surface area contributed by atoms with Gasteiger partial charge in [-0.25, -0.2) is 4.68 Å². The van der Waals surface area contributed by atoms with Gasteiger partial charge in [-0.1, -0.05) is 18.5 Å². The maximum absolute atomic E-state index is 11.9. The molecule has 0 aliphatic heterocycles. The van der Waals surface area contributed by atoms with Gasteiger partial charge in [0.15, 0.2) is 0 Å². The Bertz CT molecular complexity index is 450. The van der Waals surface area contributed by atoms with Crippen LogP contribution in [-0.2, 0) is 11.3 Å². The van der Waals surface area contributed by atoms with Crippen LogP contribution in [0.1, 0.15) is 19.8 Å². The average Bonchev–Trinajstić information content (AvgIpc) is 2.42. The van der Waals surface area contributed by atoms with E-state index in [1.807, 2.05) is 6.92 Å². The van der Waals surface area contributed by atoms with Crippen molar-refractivity contribution in [1.29, 1.82) is 0 Å². The van der Waals surface area contributed by atoms with Gasteiger partial charge in [0.25, 0.3) is 5.56 Å². The highest BCUT2D eigenvalue weighted by atomic mass is 35.5. The third-order valence-corrected chi connectivity index (χ3v) is 3.12. The minimum absolute atomic E-state index is 0.108. The molecule has 1 rings (SSSR count). The van der Waals surface area contributed by atoms with Crippen LogP contribution >= 0.6 is 11.6 Å². The first kappa shape index (κ1) is 15.9. The number of aliphatic hydroxyl groups excluding tert-OH is 1. The number of anilines is 1. The molecule has 1 heterocycles. The van der Waals surface area contributed by atoms with Crippen LogP contribution in [0.4, 0.5) is 5.69 Å². The normalized spacial score (nSPS) is 12.4. The second-order valence-electron chi connectivity index (χ2n) is 4.17. The number of aromatic nitrogens is 2. The summed E-state index contributed by atoms with van der Waals surface area (Å²) in [6, 6.07) is 0. The number of halogens is 1. The van der Waals surface area contributed by atoms with E-state index in [9.17, 15) is 9.90 Å². The number of rotatable bonds is 8.